The van der Waals surface area contributed by atoms with Crippen LogP contribution in [0.25, 0.3) is 0 Å². The fourth-order valence-electron chi connectivity index (χ4n) is 5.10. The topological polar surface area (TPSA) is 54.3 Å². The van der Waals surface area contributed by atoms with Gasteiger partial charge in [0.1, 0.15) is 18.5 Å². The normalized spacial score (nSPS) is 23.7. The number of hydrogen-bond donors (Lipinski definition) is 0. The van der Waals surface area contributed by atoms with E-state index in [1.54, 1.807) is 23.1 Å². The molecule has 0 aliphatic carbocycles. The zero-order chi connectivity index (χ0) is 19.8. The molecule has 2 aromatic rings. The Labute approximate surface area is 165 Å². The number of likely N-dealkylation sites (tertiary alicyclic amines) is 1. The first kappa shape index (κ1) is 18.9. The van der Waals surface area contributed by atoms with Crippen LogP contribution in [-0.2, 0) is 11.3 Å². The van der Waals surface area contributed by atoms with Gasteiger partial charge in [-0.15, -0.1) is 0 Å². The zero-order valence-electron chi connectivity index (χ0n) is 16.6. The molecule has 2 saturated heterocycles. The van der Waals surface area contributed by atoms with Gasteiger partial charge in [-0.05, 0) is 57.7 Å². The highest BCUT2D eigenvalue weighted by Crippen LogP contribution is 2.47. The van der Waals surface area contributed by atoms with Crippen LogP contribution in [0, 0.1) is 5.82 Å². The Morgan fingerprint density at radius 2 is 2.18 bits per heavy atom. The maximum absolute atomic E-state index is 13.8. The number of amides is 1. The van der Waals surface area contributed by atoms with Crippen LogP contribution in [0.5, 0.6) is 0 Å². The number of anilines is 1. The Balaban J connectivity index is 1.47. The average molecular weight is 385 g/mol. The Morgan fingerprint density at radius 3 is 2.93 bits per heavy atom. The molecule has 1 amide bonds. The number of carbonyl (C=O) groups is 1. The van der Waals surface area contributed by atoms with Gasteiger partial charge in [-0.2, -0.15) is 5.10 Å². The first-order valence-corrected chi connectivity index (χ1v) is 10.1. The lowest BCUT2D eigenvalue weighted by atomic mass is 9.87. The molecule has 1 aromatic heterocycles. The number of aromatic nitrogens is 3. The van der Waals surface area contributed by atoms with Crippen LogP contribution in [0.15, 0.2) is 36.9 Å². The molecule has 2 aliphatic rings. The van der Waals surface area contributed by atoms with Crippen molar-refractivity contribution in [3.8, 4) is 0 Å². The van der Waals surface area contributed by atoms with E-state index in [2.05, 4.69) is 33.7 Å². The highest BCUT2D eigenvalue weighted by molar-refractivity contribution is 5.78. The molecule has 2 aliphatic heterocycles. The lowest BCUT2D eigenvalue weighted by Gasteiger charge is -2.35. The van der Waals surface area contributed by atoms with Crippen molar-refractivity contribution in [1.29, 1.82) is 0 Å². The molecular formula is C21H28FN5O. The molecule has 6 nitrogen and oxygen atoms in total. The smallest absolute Gasteiger partial charge is 0.223 e. The minimum absolute atomic E-state index is 0.128. The quantitative estimate of drug-likeness (QED) is 0.793. The van der Waals surface area contributed by atoms with Gasteiger partial charge in [-0.25, -0.2) is 9.37 Å². The maximum atomic E-state index is 13.8. The van der Waals surface area contributed by atoms with Gasteiger partial charge in [0.2, 0.25) is 5.91 Å². The summed E-state index contributed by atoms with van der Waals surface area (Å²) in [4.78, 5) is 21.4. The summed E-state index contributed by atoms with van der Waals surface area (Å²) in [6.45, 7) is 6.66. The fraction of sp³-hybridized carbons (Fsp3) is 0.571. The van der Waals surface area contributed by atoms with Crippen molar-refractivity contribution < 1.29 is 9.18 Å². The maximum Gasteiger partial charge on any atom is 0.223 e. The lowest BCUT2D eigenvalue weighted by Crippen LogP contribution is -2.49. The Morgan fingerprint density at radius 1 is 1.32 bits per heavy atom. The number of nitrogens with zero attached hydrogens (tertiary/aromatic N) is 5. The molecule has 1 atom stereocenters. The minimum Gasteiger partial charge on any atom is -0.364 e. The lowest BCUT2D eigenvalue weighted by molar-refractivity contribution is -0.135. The predicted octanol–water partition coefficient (Wildman–Crippen LogP) is 3.25. The fourth-order valence-corrected chi connectivity index (χ4v) is 5.10. The molecule has 28 heavy (non-hydrogen) atoms. The summed E-state index contributed by atoms with van der Waals surface area (Å²) in [5.74, 6) is -0.00350. The van der Waals surface area contributed by atoms with E-state index in [0.717, 1.165) is 44.5 Å². The zero-order valence-corrected chi connectivity index (χ0v) is 16.6. The number of halogens is 1. The summed E-state index contributed by atoms with van der Waals surface area (Å²) >= 11 is 0. The van der Waals surface area contributed by atoms with Gasteiger partial charge in [0.25, 0.3) is 0 Å². The van der Waals surface area contributed by atoms with Crippen LogP contribution < -0.4 is 4.90 Å². The van der Waals surface area contributed by atoms with E-state index >= 15 is 0 Å². The first-order chi connectivity index (χ1) is 13.4. The molecule has 0 radical (unpaired) electrons. The Bertz CT molecular complexity index is 837. The van der Waals surface area contributed by atoms with Gasteiger partial charge < -0.3 is 9.80 Å². The van der Waals surface area contributed by atoms with Crippen LogP contribution in [0.3, 0.4) is 0 Å². The molecule has 2 fully saturated rings. The van der Waals surface area contributed by atoms with E-state index in [-0.39, 0.29) is 22.8 Å². The van der Waals surface area contributed by atoms with Gasteiger partial charge in [0.15, 0.2) is 0 Å². The second-order valence-corrected chi connectivity index (χ2v) is 8.69. The van der Waals surface area contributed by atoms with Gasteiger partial charge >= 0.3 is 0 Å². The average Bonchev–Trinajstić information content (AvgIpc) is 3.34. The molecule has 1 unspecified atom stereocenters. The van der Waals surface area contributed by atoms with Crippen molar-refractivity contribution in [2.75, 3.05) is 18.0 Å². The second-order valence-electron chi connectivity index (χ2n) is 8.69. The minimum atomic E-state index is -0.221. The van der Waals surface area contributed by atoms with E-state index in [1.807, 2.05) is 6.07 Å². The Hall–Kier alpha value is -2.44. The second kappa shape index (κ2) is 7.18. The highest BCUT2D eigenvalue weighted by atomic mass is 19.1. The molecular weight excluding hydrogens is 357 g/mol. The predicted molar refractivity (Wildman–Crippen MR) is 105 cm³/mol. The van der Waals surface area contributed by atoms with Crippen molar-refractivity contribution in [3.63, 3.8) is 0 Å². The number of rotatable bonds is 5. The molecule has 4 rings (SSSR count). The largest absolute Gasteiger partial charge is 0.364 e. The van der Waals surface area contributed by atoms with Gasteiger partial charge in [0.05, 0.1) is 5.54 Å². The summed E-state index contributed by atoms with van der Waals surface area (Å²) in [7, 11) is 0. The van der Waals surface area contributed by atoms with Crippen molar-refractivity contribution in [2.45, 2.75) is 63.6 Å². The molecule has 0 bridgehead atoms. The van der Waals surface area contributed by atoms with Gasteiger partial charge in [-0.3, -0.25) is 9.48 Å². The van der Waals surface area contributed by atoms with Crippen molar-refractivity contribution in [2.24, 2.45) is 0 Å². The van der Waals surface area contributed by atoms with Crippen LogP contribution in [-0.4, -0.2) is 49.7 Å². The molecule has 0 N–H and O–H groups in total. The van der Waals surface area contributed by atoms with Crippen LogP contribution >= 0.6 is 0 Å². The third-order valence-corrected chi connectivity index (χ3v) is 6.21. The van der Waals surface area contributed by atoms with Crippen molar-refractivity contribution in [3.05, 3.63) is 42.7 Å². The van der Waals surface area contributed by atoms with Crippen LogP contribution in [0.2, 0.25) is 0 Å². The number of benzene rings is 1. The van der Waals surface area contributed by atoms with E-state index in [0.29, 0.717) is 13.0 Å². The van der Waals surface area contributed by atoms with E-state index in [9.17, 15) is 9.18 Å². The summed E-state index contributed by atoms with van der Waals surface area (Å²) in [6.07, 6.45) is 7.41. The number of carbonyl (C=O) groups excluding carboxylic acids is 1. The van der Waals surface area contributed by atoms with Gasteiger partial charge in [-0.1, -0.05) is 6.07 Å². The van der Waals surface area contributed by atoms with Crippen molar-refractivity contribution in [1.82, 2.24) is 19.7 Å². The third kappa shape index (κ3) is 3.50. The standard InChI is InChI=1S/C21H28FN5O/c1-20(2)13-21(14-27(20)18-7-3-6-17(22)12-18)9-5-11-26(21)19(28)8-4-10-25-16-23-15-24-25/h3,6-7,12,15-16H,4-5,8-11,13-14H2,1-2H3. The van der Waals surface area contributed by atoms with Gasteiger partial charge in [0, 0.05) is 37.3 Å². The molecule has 0 saturated carbocycles. The first-order valence-electron chi connectivity index (χ1n) is 10.1. The summed E-state index contributed by atoms with van der Waals surface area (Å²) < 4.78 is 15.6. The number of hydrogen-bond acceptors (Lipinski definition) is 4. The number of aryl methyl sites for hydroxylation is 1. The molecule has 1 spiro atoms. The van der Waals surface area contributed by atoms with Crippen LogP contribution in [0.4, 0.5) is 10.1 Å². The van der Waals surface area contributed by atoms with Crippen molar-refractivity contribution >= 4 is 11.6 Å². The molecule has 7 heteroatoms. The Kier molecular flexibility index (Phi) is 4.85. The SMILES string of the molecule is CC1(C)CC2(CCCN2C(=O)CCCn2cncn2)CN1c1cccc(F)c1. The third-order valence-electron chi connectivity index (χ3n) is 6.21. The molecule has 150 valence electrons. The highest BCUT2D eigenvalue weighted by Gasteiger charge is 2.54. The molecule has 3 heterocycles. The molecule has 1 aromatic carbocycles. The van der Waals surface area contributed by atoms with Crippen LogP contribution in [0.1, 0.15) is 46.0 Å². The summed E-state index contributed by atoms with van der Waals surface area (Å²) in [5, 5.41) is 4.09. The van der Waals surface area contributed by atoms with E-state index < -0.39 is 0 Å². The summed E-state index contributed by atoms with van der Waals surface area (Å²) in [5.41, 5.74) is 0.615. The van der Waals surface area contributed by atoms with E-state index in [4.69, 9.17) is 0 Å². The van der Waals surface area contributed by atoms with E-state index in [1.165, 1.54) is 12.4 Å². The summed E-state index contributed by atoms with van der Waals surface area (Å²) in [6, 6.07) is 6.79. The monoisotopic (exact) mass is 385 g/mol.